The van der Waals surface area contributed by atoms with Crippen LogP contribution in [-0.4, -0.2) is 23.4 Å². The highest BCUT2D eigenvalue weighted by Gasteiger charge is 2.10. The summed E-state index contributed by atoms with van der Waals surface area (Å²) in [6, 6.07) is 0. The molecule has 4 nitrogen and oxygen atoms in total. The maximum atomic E-state index is 10.7. The molecule has 0 radical (unpaired) electrons. The molecule has 0 bridgehead atoms. The van der Waals surface area contributed by atoms with E-state index in [4.69, 9.17) is 4.74 Å². The Morgan fingerprint density at radius 2 is 2.36 bits per heavy atom. The van der Waals surface area contributed by atoms with Crippen molar-refractivity contribution in [3.05, 3.63) is 23.5 Å². The third kappa shape index (κ3) is 1.08. The molecular weight excluding hydrogens is 180 g/mol. The zero-order valence-electron chi connectivity index (χ0n) is 8.00. The van der Waals surface area contributed by atoms with Gasteiger partial charge in [-0.05, 0) is 6.92 Å². The van der Waals surface area contributed by atoms with E-state index in [0.717, 1.165) is 17.2 Å². The Hall–Kier alpha value is -1.84. The molecule has 2 aromatic rings. The van der Waals surface area contributed by atoms with Gasteiger partial charge >= 0.3 is 0 Å². The molecule has 72 valence electrons. The number of methoxy groups -OCH3 is 1. The van der Waals surface area contributed by atoms with Crippen LogP contribution in [0.5, 0.6) is 5.75 Å². The number of ether oxygens (including phenoxy) is 1. The van der Waals surface area contributed by atoms with Crippen molar-refractivity contribution in [1.82, 2.24) is 9.97 Å². The molecule has 2 rings (SSSR count). The summed E-state index contributed by atoms with van der Waals surface area (Å²) in [5.41, 5.74) is 2.26. The SMILES string of the molecule is COc1cnc2[nH]cc(C=O)c2c1C. The molecule has 2 heterocycles. The van der Waals surface area contributed by atoms with Gasteiger partial charge in [-0.25, -0.2) is 4.98 Å². The highest BCUT2D eigenvalue weighted by atomic mass is 16.5. The Bertz CT molecular complexity index is 488. The van der Waals surface area contributed by atoms with E-state index in [2.05, 4.69) is 9.97 Å². The first-order valence-electron chi connectivity index (χ1n) is 4.23. The standard InChI is InChI=1S/C10H10N2O2/c1-6-8(14-2)4-12-10-9(6)7(5-13)3-11-10/h3-5H,1-2H3,(H,11,12). The van der Waals surface area contributed by atoms with Crippen molar-refractivity contribution >= 4 is 17.3 Å². The van der Waals surface area contributed by atoms with Gasteiger partial charge < -0.3 is 9.72 Å². The average Bonchev–Trinajstić information content (AvgIpc) is 2.62. The monoisotopic (exact) mass is 190 g/mol. The largest absolute Gasteiger partial charge is 0.495 e. The number of nitrogens with one attached hydrogen (secondary N) is 1. The molecule has 0 aliphatic rings. The number of pyridine rings is 1. The molecule has 14 heavy (non-hydrogen) atoms. The molecule has 4 heteroatoms. The molecule has 0 aliphatic carbocycles. The lowest BCUT2D eigenvalue weighted by Gasteiger charge is -2.04. The summed E-state index contributed by atoms with van der Waals surface area (Å²) in [7, 11) is 1.59. The summed E-state index contributed by atoms with van der Waals surface area (Å²) < 4.78 is 5.13. The Morgan fingerprint density at radius 3 is 3.00 bits per heavy atom. The van der Waals surface area contributed by atoms with Crippen LogP contribution in [0.2, 0.25) is 0 Å². The van der Waals surface area contributed by atoms with Gasteiger partial charge in [0.25, 0.3) is 0 Å². The van der Waals surface area contributed by atoms with Gasteiger partial charge in [-0.15, -0.1) is 0 Å². The van der Waals surface area contributed by atoms with E-state index in [1.807, 2.05) is 6.92 Å². The summed E-state index contributed by atoms with van der Waals surface area (Å²) in [6.07, 6.45) is 4.10. The van der Waals surface area contributed by atoms with Crippen molar-refractivity contribution in [2.24, 2.45) is 0 Å². The number of carbonyl (C=O) groups is 1. The van der Waals surface area contributed by atoms with E-state index in [9.17, 15) is 4.79 Å². The number of carbonyl (C=O) groups excluding carboxylic acids is 1. The van der Waals surface area contributed by atoms with Crippen LogP contribution < -0.4 is 4.74 Å². The Kier molecular flexibility index (Phi) is 1.96. The quantitative estimate of drug-likeness (QED) is 0.733. The zero-order valence-corrected chi connectivity index (χ0v) is 8.00. The van der Waals surface area contributed by atoms with Crippen molar-refractivity contribution in [3.63, 3.8) is 0 Å². The third-order valence-corrected chi connectivity index (χ3v) is 2.29. The molecule has 0 fully saturated rings. The van der Waals surface area contributed by atoms with Gasteiger partial charge in [-0.2, -0.15) is 0 Å². The molecule has 0 aromatic carbocycles. The van der Waals surface area contributed by atoms with Gasteiger partial charge in [0.15, 0.2) is 6.29 Å². The van der Waals surface area contributed by atoms with Crippen molar-refractivity contribution in [2.75, 3.05) is 7.11 Å². The van der Waals surface area contributed by atoms with Crippen molar-refractivity contribution < 1.29 is 9.53 Å². The zero-order chi connectivity index (χ0) is 10.1. The number of aromatic amines is 1. The van der Waals surface area contributed by atoms with Crippen LogP contribution in [0, 0.1) is 6.92 Å². The number of nitrogens with zero attached hydrogens (tertiary/aromatic N) is 1. The van der Waals surface area contributed by atoms with Gasteiger partial charge in [0.1, 0.15) is 11.4 Å². The van der Waals surface area contributed by atoms with Gasteiger partial charge in [-0.1, -0.05) is 0 Å². The predicted molar refractivity (Wildman–Crippen MR) is 52.8 cm³/mol. The second-order valence-electron chi connectivity index (χ2n) is 3.04. The lowest BCUT2D eigenvalue weighted by Crippen LogP contribution is -1.90. The second kappa shape index (κ2) is 3.14. The lowest BCUT2D eigenvalue weighted by molar-refractivity contribution is 0.112. The topological polar surface area (TPSA) is 55.0 Å². The molecule has 0 saturated carbocycles. The number of hydrogen-bond donors (Lipinski definition) is 1. The van der Waals surface area contributed by atoms with Crippen molar-refractivity contribution in [3.8, 4) is 5.75 Å². The van der Waals surface area contributed by atoms with Crippen LogP contribution in [0.1, 0.15) is 15.9 Å². The van der Waals surface area contributed by atoms with Gasteiger partial charge in [-0.3, -0.25) is 4.79 Å². The van der Waals surface area contributed by atoms with E-state index in [1.54, 1.807) is 19.5 Å². The second-order valence-corrected chi connectivity index (χ2v) is 3.04. The van der Waals surface area contributed by atoms with Gasteiger partial charge in [0.2, 0.25) is 0 Å². The lowest BCUT2D eigenvalue weighted by atomic mass is 10.1. The minimum absolute atomic E-state index is 0.615. The van der Waals surface area contributed by atoms with E-state index in [1.165, 1.54) is 0 Å². The molecule has 0 atom stereocenters. The van der Waals surface area contributed by atoms with E-state index in [-0.39, 0.29) is 0 Å². The van der Waals surface area contributed by atoms with Gasteiger partial charge in [0, 0.05) is 22.7 Å². The predicted octanol–water partition coefficient (Wildman–Crippen LogP) is 1.69. The molecule has 0 spiro atoms. The van der Waals surface area contributed by atoms with Crippen LogP contribution in [0.4, 0.5) is 0 Å². The van der Waals surface area contributed by atoms with Crippen LogP contribution in [-0.2, 0) is 0 Å². The molecule has 0 unspecified atom stereocenters. The first kappa shape index (κ1) is 8.74. The Balaban J connectivity index is 2.83. The van der Waals surface area contributed by atoms with E-state index >= 15 is 0 Å². The fraction of sp³-hybridized carbons (Fsp3) is 0.200. The summed E-state index contributed by atoms with van der Waals surface area (Å²) in [4.78, 5) is 17.8. The van der Waals surface area contributed by atoms with Crippen LogP contribution >= 0.6 is 0 Å². The molecule has 0 aliphatic heterocycles. The van der Waals surface area contributed by atoms with Crippen LogP contribution in [0.3, 0.4) is 0 Å². The van der Waals surface area contributed by atoms with Crippen LogP contribution in [0.15, 0.2) is 12.4 Å². The summed E-state index contributed by atoms with van der Waals surface area (Å²) in [5, 5.41) is 0.833. The van der Waals surface area contributed by atoms with Gasteiger partial charge in [0.05, 0.1) is 13.3 Å². The fourth-order valence-electron chi connectivity index (χ4n) is 1.57. The number of rotatable bonds is 2. The van der Waals surface area contributed by atoms with E-state index < -0.39 is 0 Å². The summed E-state index contributed by atoms with van der Waals surface area (Å²) in [5.74, 6) is 0.695. The highest BCUT2D eigenvalue weighted by Crippen LogP contribution is 2.26. The molecule has 0 amide bonds. The Morgan fingerprint density at radius 1 is 1.57 bits per heavy atom. The molecule has 1 N–H and O–H groups in total. The summed E-state index contributed by atoms with van der Waals surface area (Å²) in [6.45, 7) is 1.91. The third-order valence-electron chi connectivity index (χ3n) is 2.29. The minimum atomic E-state index is 0.615. The average molecular weight is 190 g/mol. The normalized spacial score (nSPS) is 10.4. The van der Waals surface area contributed by atoms with Crippen molar-refractivity contribution in [2.45, 2.75) is 6.92 Å². The summed E-state index contributed by atoms with van der Waals surface area (Å²) >= 11 is 0. The maximum absolute atomic E-state index is 10.7. The van der Waals surface area contributed by atoms with E-state index in [0.29, 0.717) is 17.0 Å². The number of aldehydes is 1. The molecular formula is C10H10N2O2. The van der Waals surface area contributed by atoms with Crippen LogP contribution in [0.25, 0.3) is 11.0 Å². The number of fused-ring (bicyclic) bond motifs is 1. The minimum Gasteiger partial charge on any atom is -0.495 e. The number of aromatic nitrogens is 2. The number of hydrogen-bond acceptors (Lipinski definition) is 3. The van der Waals surface area contributed by atoms with Crippen molar-refractivity contribution in [1.29, 1.82) is 0 Å². The maximum Gasteiger partial charge on any atom is 0.152 e. The first-order valence-corrected chi connectivity index (χ1v) is 4.23. The Labute approximate surface area is 80.9 Å². The molecule has 0 saturated heterocycles. The molecule has 2 aromatic heterocycles. The number of aryl methyl sites for hydroxylation is 1. The smallest absolute Gasteiger partial charge is 0.152 e. The fourth-order valence-corrected chi connectivity index (χ4v) is 1.57. The first-order chi connectivity index (χ1) is 6.77. The highest BCUT2D eigenvalue weighted by molar-refractivity contribution is 5.98. The number of H-pyrrole nitrogens is 1.